The van der Waals surface area contributed by atoms with Crippen LogP contribution < -0.4 is 0 Å². The van der Waals surface area contributed by atoms with Gasteiger partial charge in [0, 0.05) is 5.56 Å². The number of hydrogen-bond acceptors (Lipinski definition) is 1. The van der Waals surface area contributed by atoms with E-state index in [2.05, 4.69) is 0 Å². The molecule has 0 atom stereocenters. The van der Waals surface area contributed by atoms with Crippen molar-refractivity contribution in [2.75, 3.05) is 0 Å². The second-order valence-electron chi connectivity index (χ2n) is 1.74. The molecule has 0 radical (unpaired) electrons. The predicted molar refractivity (Wildman–Crippen MR) is 44.6 cm³/mol. The van der Waals surface area contributed by atoms with Crippen LogP contribution in [0, 0.1) is 10.7 Å². The molecule has 1 nitrogen and oxygen atoms in total. The average Bonchev–Trinajstić information content (AvgIpc) is 2.03. The molecule has 0 amide bonds. The molecule has 10 heavy (non-hydrogen) atoms. The summed E-state index contributed by atoms with van der Waals surface area (Å²) in [4.78, 5) is 0. The number of nitriles is 1. The summed E-state index contributed by atoms with van der Waals surface area (Å²) < 4.78 is 0. The van der Waals surface area contributed by atoms with Gasteiger partial charge in [-0.15, -0.1) is 5.26 Å². The summed E-state index contributed by atoms with van der Waals surface area (Å²) in [6, 6.07) is 9.77. The summed E-state index contributed by atoms with van der Waals surface area (Å²) in [5.74, 6) is 0. The molecule has 0 heterocycles. The topological polar surface area (TPSA) is 23.8 Å². The van der Waals surface area contributed by atoms with Crippen molar-refractivity contribution < 1.29 is 0 Å². The fraction of sp³-hybridized carbons (Fsp3) is 0. The van der Waals surface area contributed by atoms with Crippen molar-refractivity contribution in [2.24, 2.45) is 0 Å². The lowest BCUT2D eigenvalue weighted by molar-refractivity contribution is 1.57. The van der Waals surface area contributed by atoms with Crippen molar-refractivity contribution in [3.63, 3.8) is 0 Å². The Balaban J connectivity index is 2.79. The van der Waals surface area contributed by atoms with Crippen LogP contribution in [-0.2, 0) is 11.4 Å². The molecule has 0 aliphatic rings. The first kappa shape index (κ1) is 6.91. The van der Waals surface area contributed by atoms with Gasteiger partial charge in [0.15, 0.2) is 0 Å². The molecule has 0 fully saturated rings. The first-order valence-electron chi connectivity index (χ1n) is 2.86. The monoisotopic (exact) mass is 148 g/mol. The largest absolute Gasteiger partial charge is 0.405 e. The van der Waals surface area contributed by atoms with E-state index >= 15 is 0 Å². The van der Waals surface area contributed by atoms with Crippen molar-refractivity contribution in [3.05, 3.63) is 35.9 Å². The van der Waals surface area contributed by atoms with Gasteiger partial charge in [-0.1, -0.05) is 18.2 Å². The lowest BCUT2D eigenvalue weighted by Gasteiger charge is -1.80. The molecule has 0 bridgehead atoms. The zero-order chi connectivity index (χ0) is 7.23. The van der Waals surface area contributed by atoms with Crippen LogP contribution in [0.4, 0.5) is 0 Å². The molecule has 0 unspecified atom stereocenters. The first-order chi connectivity index (χ1) is 4.93. The third-order valence-corrected chi connectivity index (χ3v) is 1.54. The number of rotatable bonds is 1. The van der Waals surface area contributed by atoms with Gasteiger partial charge < -0.3 is 0 Å². The van der Waals surface area contributed by atoms with E-state index in [0.717, 1.165) is 16.9 Å². The molecule has 0 aliphatic heterocycles. The predicted octanol–water partition coefficient (Wildman–Crippen LogP) is 1.40. The maximum Gasteiger partial charge on any atom is 0.405 e. The molecule has 0 spiro atoms. The van der Waals surface area contributed by atoms with E-state index in [4.69, 9.17) is 5.26 Å². The summed E-state index contributed by atoms with van der Waals surface area (Å²) in [6.45, 7) is 0. The highest BCUT2D eigenvalue weighted by Crippen LogP contribution is 1.92. The van der Waals surface area contributed by atoms with Gasteiger partial charge in [-0.2, -0.15) is 0 Å². The van der Waals surface area contributed by atoms with Crippen LogP contribution in [0.5, 0.6) is 0 Å². The van der Waals surface area contributed by atoms with Crippen LogP contribution in [0.1, 0.15) is 5.56 Å². The third kappa shape index (κ3) is 1.96. The highest BCUT2D eigenvalue weighted by molar-refractivity contribution is 7.82. The van der Waals surface area contributed by atoms with E-state index in [-0.39, 0.29) is 0 Å². The van der Waals surface area contributed by atoms with Crippen LogP contribution in [0.2, 0.25) is 0 Å². The molecule has 0 saturated heterocycles. The lowest BCUT2D eigenvalue weighted by Crippen LogP contribution is -1.77. The maximum atomic E-state index is 8.21. The Labute approximate surface area is 63.9 Å². The standard InChI is InChI=1S/C8H6NS/c9-7-10-6-8-4-2-1-3-5-8/h1-6H/q+1. The molecular weight excluding hydrogens is 142 g/mol. The highest BCUT2D eigenvalue weighted by Gasteiger charge is 1.90. The number of hydrogen-bond donors (Lipinski definition) is 0. The van der Waals surface area contributed by atoms with Crippen LogP contribution in [0.15, 0.2) is 30.3 Å². The SMILES string of the molecule is N#C[S+]=Cc1ccccc1. The lowest BCUT2D eigenvalue weighted by atomic mass is 10.2. The number of benzene rings is 1. The maximum absolute atomic E-state index is 8.21. The van der Waals surface area contributed by atoms with Gasteiger partial charge in [-0.3, -0.25) is 0 Å². The van der Waals surface area contributed by atoms with Crippen molar-refractivity contribution in [2.45, 2.75) is 0 Å². The normalized spacial score (nSPS) is 9.50. The fourth-order valence-corrected chi connectivity index (χ4v) is 0.972. The average molecular weight is 148 g/mol. The van der Waals surface area contributed by atoms with Crippen molar-refractivity contribution in [1.82, 2.24) is 0 Å². The summed E-state index contributed by atoms with van der Waals surface area (Å²) >= 11 is 1.14. The Morgan fingerprint density at radius 1 is 1.30 bits per heavy atom. The van der Waals surface area contributed by atoms with E-state index in [1.807, 2.05) is 41.1 Å². The van der Waals surface area contributed by atoms with Gasteiger partial charge >= 0.3 is 16.8 Å². The van der Waals surface area contributed by atoms with E-state index in [1.165, 1.54) is 0 Å². The van der Waals surface area contributed by atoms with Crippen LogP contribution in [0.25, 0.3) is 0 Å². The van der Waals surface area contributed by atoms with Gasteiger partial charge in [-0.25, -0.2) is 0 Å². The van der Waals surface area contributed by atoms with Crippen LogP contribution >= 0.6 is 0 Å². The summed E-state index contributed by atoms with van der Waals surface area (Å²) in [5.41, 5.74) is 1.08. The summed E-state index contributed by atoms with van der Waals surface area (Å²) in [6.07, 6.45) is 0. The van der Waals surface area contributed by atoms with Gasteiger partial charge in [0.1, 0.15) is 0 Å². The Bertz CT molecular complexity index is 258. The Morgan fingerprint density at radius 2 is 2.00 bits per heavy atom. The Morgan fingerprint density at radius 3 is 2.60 bits per heavy atom. The summed E-state index contributed by atoms with van der Waals surface area (Å²) in [5, 5.41) is 12.0. The van der Waals surface area contributed by atoms with Crippen molar-refractivity contribution in [1.29, 1.82) is 5.26 Å². The minimum absolute atomic E-state index is 1.08. The van der Waals surface area contributed by atoms with E-state index < -0.39 is 0 Å². The zero-order valence-electron chi connectivity index (χ0n) is 5.32. The smallest absolute Gasteiger partial charge is 0.126 e. The molecule has 0 aliphatic carbocycles. The minimum Gasteiger partial charge on any atom is -0.126 e. The molecule has 1 rings (SSSR count). The molecular formula is C8H6NS+. The second-order valence-corrected chi connectivity index (χ2v) is 2.39. The highest BCUT2D eigenvalue weighted by atomic mass is 32.1. The zero-order valence-corrected chi connectivity index (χ0v) is 6.14. The van der Waals surface area contributed by atoms with Gasteiger partial charge in [-0.05, 0) is 12.1 Å². The van der Waals surface area contributed by atoms with Gasteiger partial charge in [0.25, 0.3) is 0 Å². The molecule has 2 heteroatoms. The molecule has 48 valence electrons. The van der Waals surface area contributed by atoms with Crippen LogP contribution in [0.3, 0.4) is 0 Å². The van der Waals surface area contributed by atoms with E-state index in [9.17, 15) is 0 Å². The fourth-order valence-electron chi connectivity index (χ4n) is 0.626. The Kier molecular flexibility index (Phi) is 2.60. The first-order valence-corrected chi connectivity index (χ1v) is 3.74. The molecule has 0 aromatic heterocycles. The number of nitrogens with zero attached hydrogens (tertiary/aromatic N) is 1. The molecule has 0 saturated carbocycles. The van der Waals surface area contributed by atoms with Crippen LogP contribution in [-0.4, -0.2) is 5.37 Å². The minimum atomic E-state index is 1.08. The quantitative estimate of drug-likeness (QED) is 0.335. The van der Waals surface area contributed by atoms with Crippen molar-refractivity contribution >= 4 is 16.7 Å². The number of thiocyanates is 1. The van der Waals surface area contributed by atoms with Gasteiger partial charge in [0.2, 0.25) is 5.37 Å². The summed E-state index contributed by atoms with van der Waals surface area (Å²) in [7, 11) is 0. The second kappa shape index (κ2) is 3.76. The third-order valence-electron chi connectivity index (χ3n) is 1.05. The van der Waals surface area contributed by atoms with Crippen molar-refractivity contribution in [3.8, 4) is 5.40 Å². The van der Waals surface area contributed by atoms with E-state index in [1.54, 1.807) is 0 Å². The molecule has 0 N–H and O–H groups in total. The molecule has 1 aromatic rings. The Hall–Kier alpha value is -1.20. The van der Waals surface area contributed by atoms with Gasteiger partial charge in [0.05, 0.1) is 0 Å². The molecule has 1 aromatic carbocycles. The van der Waals surface area contributed by atoms with E-state index in [0.29, 0.717) is 0 Å².